The average molecular weight is 212 g/mol. The molecule has 16 heavy (non-hydrogen) atoms. The molecule has 0 bridgehead atoms. The van der Waals surface area contributed by atoms with Crippen LogP contribution in [0.2, 0.25) is 0 Å². The van der Waals surface area contributed by atoms with Gasteiger partial charge in [0.1, 0.15) is 0 Å². The van der Waals surface area contributed by atoms with E-state index in [2.05, 4.69) is 11.1 Å². The van der Waals surface area contributed by atoms with E-state index in [-0.39, 0.29) is 0 Å². The SMILES string of the molecule is Cc1ncn(-c2cc(C#N)ccc2N)c1C. The molecule has 2 N–H and O–H groups in total. The standard InChI is InChI=1S/C12H12N4/c1-8-9(2)16(7-15-8)12-5-10(6-13)3-4-11(12)14/h3-5,7H,14H2,1-2H3. The maximum Gasteiger partial charge on any atom is 0.0998 e. The first-order valence-electron chi connectivity index (χ1n) is 4.94. The van der Waals surface area contributed by atoms with E-state index < -0.39 is 0 Å². The Morgan fingerprint density at radius 1 is 1.38 bits per heavy atom. The quantitative estimate of drug-likeness (QED) is 0.734. The molecule has 0 radical (unpaired) electrons. The molecule has 0 saturated carbocycles. The minimum atomic E-state index is 0.593. The monoisotopic (exact) mass is 212 g/mol. The van der Waals surface area contributed by atoms with Crippen LogP contribution in [-0.4, -0.2) is 9.55 Å². The molecule has 1 aromatic heterocycles. The van der Waals surface area contributed by atoms with Gasteiger partial charge in [-0.05, 0) is 32.0 Å². The Labute approximate surface area is 94.0 Å². The van der Waals surface area contributed by atoms with Crippen LogP contribution in [0.3, 0.4) is 0 Å². The molecular weight excluding hydrogens is 200 g/mol. The fraction of sp³-hybridized carbons (Fsp3) is 0.167. The first-order chi connectivity index (χ1) is 7.63. The number of benzene rings is 1. The summed E-state index contributed by atoms with van der Waals surface area (Å²) >= 11 is 0. The van der Waals surface area contributed by atoms with Crippen molar-refractivity contribution >= 4 is 5.69 Å². The number of rotatable bonds is 1. The molecule has 4 heteroatoms. The fourth-order valence-electron chi connectivity index (χ4n) is 1.56. The number of nitrogens with zero attached hydrogens (tertiary/aromatic N) is 3. The van der Waals surface area contributed by atoms with Crippen LogP contribution in [-0.2, 0) is 0 Å². The van der Waals surface area contributed by atoms with Gasteiger partial charge in [0.2, 0.25) is 0 Å². The second kappa shape index (κ2) is 3.70. The number of imidazole rings is 1. The summed E-state index contributed by atoms with van der Waals surface area (Å²) in [4.78, 5) is 4.21. The summed E-state index contributed by atoms with van der Waals surface area (Å²) in [7, 11) is 0. The van der Waals surface area contributed by atoms with E-state index in [4.69, 9.17) is 11.0 Å². The molecule has 0 spiro atoms. The number of nitriles is 1. The van der Waals surface area contributed by atoms with Crippen molar-refractivity contribution in [1.29, 1.82) is 5.26 Å². The molecule has 0 aliphatic rings. The highest BCUT2D eigenvalue weighted by Crippen LogP contribution is 2.21. The van der Waals surface area contributed by atoms with E-state index in [9.17, 15) is 0 Å². The van der Waals surface area contributed by atoms with E-state index in [0.717, 1.165) is 17.1 Å². The first-order valence-corrected chi connectivity index (χ1v) is 4.94. The Balaban J connectivity index is 2.64. The highest BCUT2D eigenvalue weighted by molar-refractivity contribution is 5.61. The number of anilines is 1. The third-order valence-corrected chi connectivity index (χ3v) is 2.67. The van der Waals surface area contributed by atoms with E-state index >= 15 is 0 Å². The van der Waals surface area contributed by atoms with Gasteiger partial charge < -0.3 is 10.3 Å². The Hall–Kier alpha value is -2.28. The van der Waals surface area contributed by atoms with Crippen molar-refractivity contribution in [3.05, 3.63) is 41.5 Å². The van der Waals surface area contributed by atoms with Crippen molar-refractivity contribution in [3.63, 3.8) is 0 Å². The lowest BCUT2D eigenvalue weighted by atomic mass is 10.2. The van der Waals surface area contributed by atoms with Crippen molar-refractivity contribution in [2.45, 2.75) is 13.8 Å². The molecule has 1 aromatic carbocycles. The first kappa shape index (κ1) is 10.2. The van der Waals surface area contributed by atoms with Crippen LogP contribution in [0.4, 0.5) is 5.69 Å². The van der Waals surface area contributed by atoms with Gasteiger partial charge in [-0.25, -0.2) is 4.98 Å². The molecule has 80 valence electrons. The minimum absolute atomic E-state index is 0.593. The van der Waals surface area contributed by atoms with Gasteiger partial charge in [-0.2, -0.15) is 5.26 Å². The number of nitrogens with two attached hydrogens (primary N) is 1. The van der Waals surface area contributed by atoms with Crippen molar-refractivity contribution in [3.8, 4) is 11.8 Å². The maximum atomic E-state index is 8.86. The van der Waals surface area contributed by atoms with Gasteiger partial charge in [-0.3, -0.25) is 0 Å². The van der Waals surface area contributed by atoms with Crippen molar-refractivity contribution in [2.75, 3.05) is 5.73 Å². The Bertz CT molecular complexity index is 575. The smallest absolute Gasteiger partial charge is 0.0998 e. The Morgan fingerprint density at radius 2 is 2.12 bits per heavy atom. The highest BCUT2D eigenvalue weighted by atomic mass is 15.1. The van der Waals surface area contributed by atoms with Gasteiger partial charge in [0.15, 0.2) is 0 Å². The largest absolute Gasteiger partial charge is 0.397 e. The normalized spacial score (nSPS) is 10.1. The van der Waals surface area contributed by atoms with Crippen LogP contribution in [0, 0.1) is 25.2 Å². The summed E-state index contributed by atoms with van der Waals surface area (Å²) in [5.74, 6) is 0. The number of hydrogen-bond acceptors (Lipinski definition) is 3. The maximum absolute atomic E-state index is 8.86. The molecule has 0 amide bonds. The van der Waals surface area contributed by atoms with Crippen LogP contribution in [0.5, 0.6) is 0 Å². The van der Waals surface area contributed by atoms with E-state index in [1.807, 2.05) is 18.4 Å². The molecule has 0 atom stereocenters. The van der Waals surface area contributed by atoms with Gasteiger partial charge in [-0.15, -0.1) is 0 Å². The number of aromatic nitrogens is 2. The second-order valence-electron chi connectivity index (χ2n) is 3.67. The lowest BCUT2D eigenvalue weighted by molar-refractivity contribution is 1.00. The van der Waals surface area contributed by atoms with Gasteiger partial charge in [-0.1, -0.05) is 0 Å². The average Bonchev–Trinajstić information content (AvgIpc) is 2.61. The van der Waals surface area contributed by atoms with E-state index in [1.165, 1.54) is 0 Å². The van der Waals surface area contributed by atoms with E-state index in [1.54, 1.807) is 24.5 Å². The molecule has 0 unspecified atom stereocenters. The van der Waals surface area contributed by atoms with E-state index in [0.29, 0.717) is 11.3 Å². The topological polar surface area (TPSA) is 67.6 Å². The van der Waals surface area contributed by atoms with Crippen molar-refractivity contribution in [2.24, 2.45) is 0 Å². The van der Waals surface area contributed by atoms with Crippen LogP contribution < -0.4 is 5.73 Å². The molecular formula is C12H12N4. The van der Waals surface area contributed by atoms with Crippen LogP contribution >= 0.6 is 0 Å². The van der Waals surface area contributed by atoms with Gasteiger partial charge in [0.25, 0.3) is 0 Å². The summed E-state index contributed by atoms with van der Waals surface area (Å²) in [6, 6.07) is 7.31. The second-order valence-corrected chi connectivity index (χ2v) is 3.67. The van der Waals surface area contributed by atoms with Crippen LogP contribution in [0.1, 0.15) is 17.0 Å². The predicted molar refractivity (Wildman–Crippen MR) is 62.2 cm³/mol. The summed E-state index contributed by atoms with van der Waals surface area (Å²) < 4.78 is 1.89. The molecule has 0 aliphatic carbocycles. The molecule has 2 rings (SSSR count). The van der Waals surface area contributed by atoms with Crippen LogP contribution in [0.15, 0.2) is 24.5 Å². The minimum Gasteiger partial charge on any atom is -0.397 e. The Kier molecular flexibility index (Phi) is 2.37. The van der Waals surface area contributed by atoms with Crippen LogP contribution in [0.25, 0.3) is 5.69 Å². The van der Waals surface area contributed by atoms with Crippen molar-refractivity contribution in [1.82, 2.24) is 9.55 Å². The van der Waals surface area contributed by atoms with Crippen molar-refractivity contribution < 1.29 is 0 Å². The molecule has 1 heterocycles. The summed E-state index contributed by atoms with van der Waals surface area (Å²) in [5.41, 5.74) is 9.92. The molecule has 4 nitrogen and oxygen atoms in total. The lowest BCUT2D eigenvalue weighted by Gasteiger charge is -2.09. The lowest BCUT2D eigenvalue weighted by Crippen LogP contribution is -2.01. The third-order valence-electron chi connectivity index (χ3n) is 2.67. The molecule has 0 fully saturated rings. The summed E-state index contributed by atoms with van der Waals surface area (Å²) in [6.45, 7) is 3.91. The number of aryl methyl sites for hydroxylation is 1. The van der Waals surface area contributed by atoms with Gasteiger partial charge >= 0.3 is 0 Å². The highest BCUT2D eigenvalue weighted by Gasteiger charge is 2.08. The predicted octanol–water partition coefficient (Wildman–Crippen LogP) is 1.94. The zero-order valence-electron chi connectivity index (χ0n) is 9.23. The zero-order chi connectivity index (χ0) is 11.7. The Morgan fingerprint density at radius 3 is 2.69 bits per heavy atom. The van der Waals surface area contributed by atoms with Gasteiger partial charge in [0.05, 0.1) is 35.0 Å². The number of nitrogen functional groups attached to an aromatic ring is 1. The molecule has 2 aromatic rings. The van der Waals surface area contributed by atoms with Gasteiger partial charge in [0, 0.05) is 5.69 Å². The fourth-order valence-corrected chi connectivity index (χ4v) is 1.56. The zero-order valence-corrected chi connectivity index (χ0v) is 9.23. The molecule has 0 aliphatic heterocycles. The summed E-state index contributed by atoms with van der Waals surface area (Å²) in [6.07, 6.45) is 1.72. The molecule has 0 saturated heterocycles. The third kappa shape index (κ3) is 1.52. The number of hydrogen-bond donors (Lipinski definition) is 1. The summed E-state index contributed by atoms with van der Waals surface area (Å²) in [5, 5.41) is 8.86.